The number of rotatable bonds is 3. The zero-order chi connectivity index (χ0) is 11.8. The average Bonchev–Trinajstić information content (AvgIpc) is 2.40. The van der Waals surface area contributed by atoms with Crippen LogP contribution in [0.4, 0.5) is 4.79 Å². The second-order valence-corrected chi connectivity index (χ2v) is 5.94. The lowest BCUT2D eigenvalue weighted by molar-refractivity contribution is 0.155. The summed E-state index contributed by atoms with van der Waals surface area (Å²) >= 11 is 0. The first-order chi connectivity index (χ1) is 7.48. The number of carboxylic acid groups (broad SMARTS) is 1. The van der Waals surface area contributed by atoms with Gasteiger partial charge in [-0.15, -0.1) is 0 Å². The summed E-state index contributed by atoms with van der Waals surface area (Å²) in [7, 11) is 0. The molecule has 3 N–H and O–H groups in total. The molecule has 0 radical (unpaired) electrons. The molecule has 16 heavy (non-hydrogen) atoms. The second kappa shape index (κ2) is 4.24. The summed E-state index contributed by atoms with van der Waals surface area (Å²) in [4.78, 5) is 10.7. The summed E-state index contributed by atoms with van der Waals surface area (Å²) in [6.07, 6.45) is 2.68. The minimum absolute atomic E-state index is 0.297. The highest BCUT2D eigenvalue weighted by atomic mass is 16.4. The van der Waals surface area contributed by atoms with Crippen molar-refractivity contribution >= 4 is 6.09 Å². The van der Waals surface area contributed by atoms with E-state index in [4.69, 9.17) is 5.11 Å². The summed E-state index contributed by atoms with van der Waals surface area (Å²) in [5.74, 6) is 2.21. The van der Waals surface area contributed by atoms with Gasteiger partial charge in [0.2, 0.25) is 0 Å². The normalized spacial score (nSPS) is 33.8. The molecular weight excluding hydrogens is 204 g/mol. The Balaban J connectivity index is 1.96. The van der Waals surface area contributed by atoms with Crippen LogP contribution in [-0.2, 0) is 0 Å². The molecule has 2 bridgehead atoms. The predicted molar refractivity (Wildman–Crippen MR) is 62.4 cm³/mol. The van der Waals surface area contributed by atoms with Crippen LogP contribution >= 0.6 is 0 Å². The fourth-order valence-electron chi connectivity index (χ4n) is 3.47. The van der Waals surface area contributed by atoms with E-state index in [0.717, 1.165) is 31.3 Å². The van der Waals surface area contributed by atoms with Crippen LogP contribution in [0, 0.1) is 17.8 Å². The van der Waals surface area contributed by atoms with Crippen molar-refractivity contribution in [3.05, 3.63) is 0 Å². The molecule has 1 amide bonds. The maximum atomic E-state index is 10.7. The zero-order valence-corrected chi connectivity index (χ0v) is 10.1. The third-order valence-electron chi connectivity index (χ3n) is 4.12. The van der Waals surface area contributed by atoms with E-state index in [-0.39, 0.29) is 5.54 Å². The van der Waals surface area contributed by atoms with Gasteiger partial charge in [-0.2, -0.15) is 0 Å². The number of fused-ring (bicyclic) bond motifs is 2. The minimum Gasteiger partial charge on any atom is -0.465 e. The third-order valence-corrected chi connectivity index (χ3v) is 4.12. The van der Waals surface area contributed by atoms with Gasteiger partial charge < -0.3 is 15.7 Å². The Bertz CT molecular complexity index is 262. The molecule has 0 unspecified atom stereocenters. The molecule has 92 valence electrons. The highest BCUT2D eigenvalue weighted by Gasteiger charge is 2.41. The molecule has 1 aliphatic carbocycles. The molecule has 3 atom stereocenters. The van der Waals surface area contributed by atoms with Crippen LogP contribution < -0.4 is 10.6 Å². The van der Waals surface area contributed by atoms with E-state index in [9.17, 15) is 4.79 Å². The smallest absolute Gasteiger partial charge is 0.405 e. The third kappa shape index (κ3) is 2.48. The first kappa shape index (κ1) is 11.7. The van der Waals surface area contributed by atoms with Gasteiger partial charge in [-0.1, -0.05) is 0 Å². The van der Waals surface area contributed by atoms with Crippen LogP contribution in [0.25, 0.3) is 0 Å². The van der Waals surface area contributed by atoms with Crippen LogP contribution in [0.15, 0.2) is 0 Å². The quantitative estimate of drug-likeness (QED) is 0.686. The van der Waals surface area contributed by atoms with E-state index in [1.54, 1.807) is 0 Å². The van der Waals surface area contributed by atoms with Crippen LogP contribution in [0.2, 0.25) is 0 Å². The Hall–Kier alpha value is -0.770. The molecule has 2 rings (SSSR count). The van der Waals surface area contributed by atoms with Crippen molar-refractivity contribution in [2.75, 3.05) is 13.1 Å². The standard InChI is InChI=1S/C12H22N2O2/c1-12(2,14-11(15)16)5-10-8-3-4-9(10)7-13-6-8/h8-10,13-14H,3-7H2,1-2H3,(H,15,16)/t8-,9+,10+. The molecule has 0 aromatic carbocycles. The Kier molecular flexibility index (Phi) is 3.10. The first-order valence-electron chi connectivity index (χ1n) is 6.20. The Morgan fingerprint density at radius 2 is 1.94 bits per heavy atom. The van der Waals surface area contributed by atoms with Crippen molar-refractivity contribution in [3.63, 3.8) is 0 Å². The van der Waals surface area contributed by atoms with Gasteiger partial charge in [-0.25, -0.2) is 4.79 Å². The highest BCUT2D eigenvalue weighted by molar-refractivity contribution is 5.65. The lowest BCUT2D eigenvalue weighted by Crippen LogP contribution is -2.48. The highest BCUT2D eigenvalue weighted by Crippen LogP contribution is 2.43. The van der Waals surface area contributed by atoms with Gasteiger partial charge in [0.25, 0.3) is 0 Å². The summed E-state index contributed by atoms with van der Waals surface area (Å²) < 4.78 is 0. The van der Waals surface area contributed by atoms with Crippen LogP contribution in [0.1, 0.15) is 33.1 Å². The molecule has 4 nitrogen and oxygen atoms in total. The number of nitrogens with one attached hydrogen (secondary N) is 2. The number of hydrogen-bond donors (Lipinski definition) is 3. The van der Waals surface area contributed by atoms with E-state index in [2.05, 4.69) is 10.6 Å². The number of piperidine rings is 1. The summed E-state index contributed by atoms with van der Waals surface area (Å²) in [6, 6.07) is 0. The molecular formula is C12H22N2O2. The number of amides is 1. The maximum Gasteiger partial charge on any atom is 0.405 e. The first-order valence-corrected chi connectivity index (χ1v) is 6.20. The zero-order valence-electron chi connectivity index (χ0n) is 10.1. The Labute approximate surface area is 96.8 Å². The van der Waals surface area contributed by atoms with Crippen LogP contribution in [0.5, 0.6) is 0 Å². The van der Waals surface area contributed by atoms with Crippen molar-refractivity contribution in [2.45, 2.75) is 38.6 Å². The molecule has 2 aliphatic rings. The molecule has 2 fully saturated rings. The molecule has 4 heteroatoms. The number of carbonyl (C=O) groups is 1. The second-order valence-electron chi connectivity index (χ2n) is 5.94. The van der Waals surface area contributed by atoms with Crippen molar-refractivity contribution in [1.29, 1.82) is 0 Å². The monoisotopic (exact) mass is 226 g/mol. The largest absolute Gasteiger partial charge is 0.465 e. The van der Waals surface area contributed by atoms with Crippen molar-refractivity contribution in [2.24, 2.45) is 17.8 Å². The molecule has 0 spiro atoms. The fraction of sp³-hybridized carbons (Fsp3) is 0.917. The van der Waals surface area contributed by atoms with Gasteiger partial charge in [-0.05, 0) is 64.0 Å². The van der Waals surface area contributed by atoms with Gasteiger partial charge in [0.15, 0.2) is 0 Å². The van der Waals surface area contributed by atoms with Crippen LogP contribution in [0.3, 0.4) is 0 Å². The molecule has 0 aromatic heterocycles. The predicted octanol–water partition coefficient (Wildman–Crippen LogP) is 1.67. The number of hydrogen-bond acceptors (Lipinski definition) is 2. The molecule has 1 saturated carbocycles. The van der Waals surface area contributed by atoms with Crippen molar-refractivity contribution in [3.8, 4) is 0 Å². The van der Waals surface area contributed by atoms with Gasteiger partial charge in [0.05, 0.1) is 0 Å². The SMILES string of the molecule is CC(C)(C[C@H]1[C@@H]2CC[C@H]1CNC2)NC(=O)O. The van der Waals surface area contributed by atoms with Gasteiger partial charge in [-0.3, -0.25) is 0 Å². The Morgan fingerprint density at radius 1 is 1.38 bits per heavy atom. The molecule has 1 saturated heterocycles. The van der Waals surface area contributed by atoms with E-state index in [0.29, 0.717) is 5.92 Å². The van der Waals surface area contributed by atoms with Gasteiger partial charge in [0, 0.05) is 5.54 Å². The molecule has 0 aromatic rings. The lowest BCUT2D eigenvalue weighted by atomic mass is 9.78. The molecule has 1 heterocycles. The van der Waals surface area contributed by atoms with E-state index < -0.39 is 6.09 Å². The lowest BCUT2D eigenvalue weighted by Gasteiger charge is -2.36. The van der Waals surface area contributed by atoms with Crippen LogP contribution in [-0.4, -0.2) is 29.8 Å². The van der Waals surface area contributed by atoms with E-state index in [1.807, 2.05) is 13.8 Å². The maximum absolute atomic E-state index is 10.7. The fourth-order valence-corrected chi connectivity index (χ4v) is 3.47. The molecule has 1 aliphatic heterocycles. The Morgan fingerprint density at radius 3 is 2.44 bits per heavy atom. The summed E-state index contributed by atoms with van der Waals surface area (Å²) in [5, 5.41) is 14.9. The van der Waals surface area contributed by atoms with Crippen molar-refractivity contribution < 1.29 is 9.90 Å². The van der Waals surface area contributed by atoms with Gasteiger partial charge >= 0.3 is 6.09 Å². The summed E-state index contributed by atoms with van der Waals surface area (Å²) in [5.41, 5.74) is -0.297. The van der Waals surface area contributed by atoms with E-state index >= 15 is 0 Å². The minimum atomic E-state index is -0.911. The van der Waals surface area contributed by atoms with Gasteiger partial charge in [0.1, 0.15) is 0 Å². The van der Waals surface area contributed by atoms with Crippen molar-refractivity contribution in [1.82, 2.24) is 10.6 Å². The van der Waals surface area contributed by atoms with E-state index in [1.165, 1.54) is 12.8 Å². The topological polar surface area (TPSA) is 61.4 Å². The average molecular weight is 226 g/mol. The summed E-state index contributed by atoms with van der Waals surface area (Å²) in [6.45, 7) is 6.21.